The predicted molar refractivity (Wildman–Crippen MR) is 62.7 cm³/mol. The summed E-state index contributed by atoms with van der Waals surface area (Å²) < 4.78 is 0.738. The number of hydrazine groups is 1. The summed E-state index contributed by atoms with van der Waals surface area (Å²) in [5.41, 5.74) is 3.30. The van der Waals surface area contributed by atoms with E-state index < -0.39 is 0 Å². The van der Waals surface area contributed by atoms with E-state index in [0.717, 1.165) is 9.99 Å². The minimum atomic E-state index is -0.374. The minimum absolute atomic E-state index is 0.374. The lowest BCUT2D eigenvalue weighted by Gasteiger charge is -2.01. The fourth-order valence-corrected chi connectivity index (χ4v) is 2.01. The van der Waals surface area contributed by atoms with Crippen molar-refractivity contribution in [2.75, 3.05) is 0 Å². The van der Waals surface area contributed by atoms with E-state index in [1.54, 1.807) is 6.20 Å². The quantitative estimate of drug-likeness (QED) is 0.428. The van der Waals surface area contributed by atoms with Crippen molar-refractivity contribution in [1.82, 2.24) is 10.4 Å². The number of aromatic amines is 1. The molecule has 1 heterocycles. The molecular weight excluding hydrogens is 281 g/mol. The van der Waals surface area contributed by atoms with Gasteiger partial charge in [-0.05, 0) is 28.1 Å². The van der Waals surface area contributed by atoms with E-state index in [1.165, 1.54) is 0 Å². The van der Waals surface area contributed by atoms with Crippen LogP contribution in [-0.4, -0.2) is 10.9 Å². The number of hydrogen-bond donors (Lipinski definition) is 3. The first-order chi connectivity index (χ1) is 7.15. The molecule has 78 valence electrons. The molecule has 0 fully saturated rings. The van der Waals surface area contributed by atoms with Crippen molar-refractivity contribution >= 4 is 44.3 Å². The van der Waals surface area contributed by atoms with Crippen LogP contribution < -0.4 is 11.3 Å². The second-order valence-corrected chi connectivity index (χ2v) is 4.19. The zero-order valence-corrected chi connectivity index (χ0v) is 9.82. The number of H-pyrrole nitrogens is 1. The Kier molecular flexibility index (Phi) is 2.68. The van der Waals surface area contributed by atoms with Gasteiger partial charge in [0.15, 0.2) is 0 Å². The standard InChI is InChI=1S/C9H7BrClN3O/c10-5-1-2-6-7(8(5)11)4(3-13-6)9(15)14-12/h1-3,13H,12H2,(H,14,15). The average molecular weight is 289 g/mol. The second-order valence-electron chi connectivity index (χ2n) is 2.96. The first-order valence-corrected chi connectivity index (χ1v) is 5.28. The number of halogens is 2. The van der Waals surface area contributed by atoms with Gasteiger partial charge < -0.3 is 4.98 Å². The normalized spacial score (nSPS) is 10.6. The second kappa shape index (κ2) is 3.84. The maximum absolute atomic E-state index is 11.4. The summed E-state index contributed by atoms with van der Waals surface area (Å²) >= 11 is 9.38. The van der Waals surface area contributed by atoms with Crippen LogP contribution in [0.3, 0.4) is 0 Å². The van der Waals surface area contributed by atoms with Crippen molar-refractivity contribution in [2.45, 2.75) is 0 Å². The van der Waals surface area contributed by atoms with Crippen LogP contribution in [-0.2, 0) is 0 Å². The molecule has 0 atom stereocenters. The van der Waals surface area contributed by atoms with E-state index in [-0.39, 0.29) is 5.91 Å². The van der Waals surface area contributed by atoms with E-state index in [9.17, 15) is 4.79 Å². The number of nitrogens with two attached hydrogens (primary N) is 1. The Hall–Kier alpha value is -1.04. The van der Waals surface area contributed by atoms with Crippen molar-refractivity contribution in [2.24, 2.45) is 5.84 Å². The number of benzene rings is 1. The maximum Gasteiger partial charge on any atom is 0.267 e. The molecule has 1 amide bonds. The van der Waals surface area contributed by atoms with Crippen LogP contribution in [0.4, 0.5) is 0 Å². The van der Waals surface area contributed by atoms with E-state index in [1.807, 2.05) is 12.1 Å². The molecule has 1 aromatic carbocycles. The highest BCUT2D eigenvalue weighted by atomic mass is 79.9. The molecule has 0 saturated carbocycles. The third kappa shape index (κ3) is 1.62. The lowest BCUT2D eigenvalue weighted by Crippen LogP contribution is -2.29. The number of fused-ring (bicyclic) bond motifs is 1. The van der Waals surface area contributed by atoms with Crippen LogP contribution in [0.15, 0.2) is 22.8 Å². The van der Waals surface area contributed by atoms with E-state index in [0.29, 0.717) is 16.0 Å². The van der Waals surface area contributed by atoms with Crippen LogP contribution >= 0.6 is 27.5 Å². The van der Waals surface area contributed by atoms with Crippen molar-refractivity contribution in [1.29, 1.82) is 0 Å². The molecule has 15 heavy (non-hydrogen) atoms. The summed E-state index contributed by atoms with van der Waals surface area (Å²) in [6, 6.07) is 3.64. The molecule has 0 spiro atoms. The summed E-state index contributed by atoms with van der Waals surface area (Å²) in [5.74, 6) is 4.70. The highest BCUT2D eigenvalue weighted by molar-refractivity contribution is 9.10. The Morgan fingerprint density at radius 2 is 2.27 bits per heavy atom. The molecule has 0 unspecified atom stereocenters. The molecule has 4 N–H and O–H groups in total. The topological polar surface area (TPSA) is 70.9 Å². The summed E-state index contributed by atoms with van der Waals surface area (Å²) in [6.07, 6.45) is 1.57. The van der Waals surface area contributed by atoms with Gasteiger partial charge in [0.1, 0.15) is 0 Å². The summed E-state index contributed by atoms with van der Waals surface area (Å²) in [7, 11) is 0. The highest BCUT2D eigenvalue weighted by Crippen LogP contribution is 2.32. The molecular formula is C9H7BrClN3O. The van der Waals surface area contributed by atoms with Crippen molar-refractivity contribution in [3.05, 3.63) is 33.4 Å². The summed E-state index contributed by atoms with van der Waals surface area (Å²) in [6.45, 7) is 0. The monoisotopic (exact) mass is 287 g/mol. The zero-order chi connectivity index (χ0) is 11.0. The molecule has 0 aliphatic carbocycles. The van der Waals surface area contributed by atoms with Crippen molar-refractivity contribution < 1.29 is 4.79 Å². The highest BCUT2D eigenvalue weighted by Gasteiger charge is 2.14. The van der Waals surface area contributed by atoms with E-state index in [2.05, 4.69) is 26.3 Å². The van der Waals surface area contributed by atoms with Gasteiger partial charge in [-0.1, -0.05) is 11.6 Å². The molecule has 0 aliphatic heterocycles. The number of nitrogens with one attached hydrogen (secondary N) is 2. The fraction of sp³-hybridized carbons (Fsp3) is 0. The Labute approximate surface area is 98.9 Å². The van der Waals surface area contributed by atoms with Crippen LogP contribution in [0.25, 0.3) is 10.9 Å². The smallest absolute Gasteiger partial charge is 0.267 e. The first kappa shape index (κ1) is 10.5. The van der Waals surface area contributed by atoms with Gasteiger partial charge in [-0.2, -0.15) is 0 Å². The number of aromatic nitrogens is 1. The molecule has 0 aliphatic rings. The van der Waals surface area contributed by atoms with Crippen LogP contribution in [0, 0.1) is 0 Å². The third-order valence-corrected chi connectivity index (χ3v) is 3.39. The number of carbonyl (C=O) groups is 1. The Balaban J connectivity index is 2.77. The molecule has 2 aromatic rings. The lowest BCUT2D eigenvalue weighted by atomic mass is 10.1. The number of nitrogen functional groups attached to an aromatic ring is 1. The van der Waals surface area contributed by atoms with E-state index >= 15 is 0 Å². The van der Waals surface area contributed by atoms with Crippen molar-refractivity contribution in [3.63, 3.8) is 0 Å². The minimum Gasteiger partial charge on any atom is -0.360 e. The zero-order valence-electron chi connectivity index (χ0n) is 7.47. The fourth-order valence-electron chi connectivity index (χ4n) is 1.41. The Morgan fingerprint density at radius 1 is 1.53 bits per heavy atom. The van der Waals surface area contributed by atoms with E-state index in [4.69, 9.17) is 17.4 Å². The number of rotatable bonds is 1. The predicted octanol–water partition coefficient (Wildman–Crippen LogP) is 2.19. The Morgan fingerprint density at radius 3 is 2.93 bits per heavy atom. The van der Waals surface area contributed by atoms with Crippen LogP contribution in [0.2, 0.25) is 5.02 Å². The van der Waals surface area contributed by atoms with Crippen LogP contribution in [0.1, 0.15) is 10.4 Å². The third-order valence-electron chi connectivity index (χ3n) is 2.11. The molecule has 0 radical (unpaired) electrons. The van der Waals surface area contributed by atoms with Gasteiger partial charge in [0.05, 0.1) is 10.6 Å². The number of hydrogen-bond acceptors (Lipinski definition) is 2. The van der Waals surface area contributed by atoms with Gasteiger partial charge in [0, 0.05) is 21.6 Å². The summed E-state index contributed by atoms with van der Waals surface area (Å²) in [5, 5.41) is 1.15. The first-order valence-electron chi connectivity index (χ1n) is 4.11. The van der Waals surface area contributed by atoms with Crippen molar-refractivity contribution in [3.8, 4) is 0 Å². The molecule has 1 aromatic heterocycles. The maximum atomic E-state index is 11.4. The molecule has 0 saturated heterocycles. The van der Waals surface area contributed by atoms with Gasteiger partial charge >= 0.3 is 0 Å². The van der Waals surface area contributed by atoms with Gasteiger partial charge in [0.2, 0.25) is 0 Å². The van der Waals surface area contributed by atoms with Gasteiger partial charge in [-0.3, -0.25) is 10.2 Å². The SMILES string of the molecule is NNC(=O)c1c[nH]c2ccc(Br)c(Cl)c12. The summed E-state index contributed by atoms with van der Waals surface area (Å²) in [4.78, 5) is 14.4. The molecule has 4 nitrogen and oxygen atoms in total. The molecule has 2 rings (SSSR count). The van der Waals surface area contributed by atoms with Gasteiger partial charge in [0.25, 0.3) is 5.91 Å². The number of carbonyl (C=O) groups excluding carboxylic acids is 1. The van der Waals surface area contributed by atoms with Gasteiger partial charge in [-0.25, -0.2) is 5.84 Å². The Bertz CT molecular complexity index is 537. The largest absolute Gasteiger partial charge is 0.360 e. The van der Waals surface area contributed by atoms with Gasteiger partial charge in [-0.15, -0.1) is 0 Å². The molecule has 0 bridgehead atoms. The number of amides is 1. The average Bonchev–Trinajstić information content (AvgIpc) is 2.67. The lowest BCUT2D eigenvalue weighted by molar-refractivity contribution is 0.0955. The molecule has 6 heteroatoms. The van der Waals surface area contributed by atoms with Crippen LogP contribution in [0.5, 0.6) is 0 Å².